The van der Waals surface area contributed by atoms with Crippen LogP contribution in [0.5, 0.6) is 11.5 Å². The van der Waals surface area contributed by atoms with Gasteiger partial charge in [-0.25, -0.2) is 0 Å². The number of amides is 1. The summed E-state index contributed by atoms with van der Waals surface area (Å²) >= 11 is 0. The summed E-state index contributed by atoms with van der Waals surface area (Å²) in [6.07, 6.45) is -0.659. The van der Waals surface area contributed by atoms with E-state index in [0.29, 0.717) is 5.75 Å². The average Bonchev–Trinajstić information content (AvgIpc) is 2.95. The van der Waals surface area contributed by atoms with Gasteiger partial charge in [0.05, 0.1) is 7.11 Å². The zero-order valence-corrected chi connectivity index (χ0v) is 19.9. The molecule has 4 heteroatoms. The lowest BCUT2D eigenvalue weighted by Crippen LogP contribution is -2.61. The lowest BCUT2D eigenvalue weighted by molar-refractivity contribution is -0.135. The van der Waals surface area contributed by atoms with Gasteiger partial charge in [-0.15, -0.1) is 0 Å². The molecule has 0 spiro atoms. The van der Waals surface area contributed by atoms with Crippen LogP contribution in [0.4, 0.5) is 5.69 Å². The summed E-state index contributed by atoms with van der Waals surface area (Å²) in [7, 11) is 1.69. The Hall–Kier alpha value is -4.57. The van der Waals surface area contributed by atoms with Crippen LogP contribution in [0.3, 0.4) is 0 Å². The number of nitrogens with zero attached hydrogens (tertiary/aromatic N) is 1. The van der Waals surface area contributed by atoms with Gasteiger partial charge in [0.15, 0.2) is 0 Å². The summed E-state index contributed by atoms with van der Waals surface area (Å²) in [5, 5.41) is 2.27. The highest BCUT2D eigenvalue weighted by atomic mass is 16.5. The number of methoxy groups -OCH3 is 1. The van der Waals surface area contributed by atoms with Gasteiger partial charge in [-0.3, -0.25) is 9.69 Å². The normalized spacial score (nSPS) is 17.0. The number of ether oxygens (including phenoxy) is 2. The molecule has 1 aliphatic heterocycles. The fourth-order valence-corrected chi connectivity index (χ4v) is 5.10. The van der Waals surface area contributed by atoms with Crippen LogP contribution in [0.25, 0.3) is 21.9 Å². The molecule has 0 aliphatic carbocycles. The summed E-state index contributed by atoms with van der Waals surface area (Å²) in [5.41, 5.74) is 3.85. The van der Waals surface area contributed by atoms with Crippen molar-refractivity contribution in [2.75, 3.05) is 12.0 Å². The fourth-order valence-electron chi connectivity index (χ4n) is 5.10. The van der Waals surface area contributed by atoms with Gasteiger partial charge in [0.1, 0.15) is 17.5 Å². The maximum Gasteiger partial charge on any atom is 0.271 e. The van der Waals surface area contributed by atoms with Crippen LogP contribution in [0.15, 0.2) is 121 Å². The number of fused-ring (bicyclic) bond motifs is 1. The molecule has 0 radical (unpaired) electrons. The molecule has 36 heavy (non-hydrogen) atoms. The van der Waals surface area contributed by atoms with Crippen LogP contribution >= 0.6 is 0 Å². The Morgan fingerprint density at radius 2 is 1.36 bits per heavy atom. The number of carbonyl (C=O) groups excluding carboxylic acids is 1. The van der Waals surface area contributed by atoms with Crippen LogP contribution < -0.4 is 14.4 Å². The summed E-state index contributed by atoms with van der Waals surface area (Å²) in [6, 6.07) is 39.6. The molecule has 1 saturated heterocycles. The summed E-state index contributed by atoms with van der Waals surface area (Å²) < 4.78 is 12.2. The van der Waals surface area contributed by atoms with E-state index in [1.165, 1.54) is 0 Å². The maximum absolute atomic E-state index is 13.5. The minimum atomic E-state index is -0.659. The van der Waals surface area contributed by atoms with E-state index in [1.54, 1.807) is 7.11 Å². The van der Waals surface area contributed by atoms with E-state index in [9.17, 15) is 4.79 Å². The van der Waals surface area contributed by atoms with Crippen molar-refractivity contribution >= 4 is 22.4 Å². The highest BCUT2D eigenvalue weighted by Gasteiger charge is 2.52. The Morgan fingerprint density at radius 1 is 0.694 bits per heavy atom. The van der Waals surface area contributed by atoms with Crippen LogP contribution in [-0.2, 0) is 4.79 Å². The van der Waals surface area contributed by atoms with E-state index in [2.05, 4.69) is 36.4 Å². The van der Waals surface area contributed by atoms with Crippen molar-refractivity contribution in [3.8, 4) is 22.6 Å². The number of rotatable bonds is 6. The van der Waals surface area contributed by atoms with Crippen LogP contribution in [0.2, 0.25) is 0 Å². The van der Waals surface area contributed by atoms with Gasteiger partial charge < -0.3 is 9.47 Å². The van der Waals surface area contributed by atoms with Gasteiger partial charge in [0, 0.05) is 11.3 Å². The van der Waals surface area contributed by atoms with Gasteiger partial charge in [-0.1, -0.05) is 91.0 Å². The number of para-hydroxylation sites is 2. The Morgan fingerprint density at radius 3 is 2.14 bits per heavy atom. The van der Waals surface area contributed by atoms with E-state index < -0.39 is 6.10 Å². The monoisotopic (exact) mass is 471 g/mol. The average molecular weight is 472 g/mol. The predicted octanol–water partition coefficient (Wildman–Crippen LogP) is 7.05. The smallest absolute Gasteiger partial charge is 0.271 e. The second-order valence-corrected chi connectivity index (χ2v) is 8.79. The van der Waals surface area contributed by atoms with Crippen molar-refractivity contribution < 1.29 is 14.3 Å². The Kier molecular flexibility index (Phi) is 5.62. The third kappa shape index (κ3) is 3.68. The third-order valence-electron chi connectivity index (χ3n) is 6.74. The van der Waals surface area contributed by atoms with Crippen molar-refractivity contribution in [1.82, 2.24) is 0 Å². The largest absolute Gasteiger partial charge is 0.496 e. The van der Waals surface area contributed by atoms with Gasteiger partial charge in [-0.2, -0.15) is 0 Å². The quantitative estimate of drug-likeness (QED) is 0.249. The van der Waals surface area contributed by atoms with Gasteiger partial charge >= 0.3 is 0 Å². The number of benzene rings is 5. The third-order valence-corrected chi connectivity index (χ3v) is 6.74. The van der Waals surface area contributed by atoms with Crippen molar-refractivity contribution in [1.29, 1.82) is 0 Å². The molecule has 176 valence electrons. The zero-order valence-electron chi connectivity index (χ0n) is 19.9. The second kappa shape index (κ2) is 9.23. The van der Waals surface area contributed by atoms with Crippen LogP contribution in [-0.4, -0.2) is 19.1 Å². The first-order valence-electron chi connectivity index (χ1n) is 12.0. The lowest BCUT2D eigenvalue weighted by Gasteiger charge is -2.47. The molecular formula is C32H25NO3. The van der Waals surface area contributed by atoms with Crippen molar-refractivity contribution in [3.63, 3.8) is 0 Å². The Labute approximate surface area is 210 Å². The molecule has 5 aromatic carbocycles. The molecule has 4 nitrogen and oxygen atoms in total. The number of β-lactam (4-membered cyclic amide) rings is 1. The molecule has 1 aliphatic rings. The van der Waals surface area contributed by atoms with E-state index >= 15 is 0 Å². The maximum atomic E-state index is 13.5. The topological polar surface area (TPSA) is 38.8 Å². The molecule has 6 rings (SSSR count). The Balaban J connectivity index is 1.55. The first kappa shape index (κ1) is 21.9. The number of hydrogen-bond donors (Lipinski definition) is 0. The molecule has 0 N–H and O–H groups in total. The Bertz CT molecular complexity index is 1530. The SMILES string of the molecule is COc1cccc([C@@H]2[C@H](Oc3ccccc3)C(=O)N2c2ccccc2)c1-c1cccc2ccccc12. The molecule has 2 atom stereocenters. The minimum absolute atomic E-state index is 0.0678. The molecule has 0 aromatic heterocycles. The standard InChI is InChI=1S/C32H25NO3/c1-35-28-21-11-20-27(29(28)26-19-10-13-22-12-8-9-18-25(22)26)30-31(36-24-16-6-3-7-17-24)32(34)33(30)23-14-4-2-5-15-23/h2-21,30-31H,1H3/t30-,31+/m1/s1. The van der Waals surface area contributed by atoms with E-state index in [0.717, 1.165) is 38.9 Å². The number of anilines is 1. The summed E-state index contributed by atoms with van der Waals surface area (Å²) in [5.74, 6) is 1.36. The summed E-state index contributed by atoms with van der Waals surface area (Å²) in [4.78, 5) is 15.4. The van der Waals surface area contributed by atoms with Gasteiger partial charge in [0.25, 0.3) is 5.91 Å². The van der Waals surface area contributed by atoms with E-state index in [1.807, 2.05) is 89.8 Å². The first-order chi connectivity index (χ1) is 17.8. The highest BCUT2D eigenvalue weighted by Crippen LogP contribution is 2.48. The molecule has 1 heterocycles. The molecule has 5 aromatic rings. The minimum Gasteiger partial charge on any atom is -0.496 e. The zero-order chi connectivity index (χ0) is 24.5. The fraction of sp³-hybridized carbons (Fsp3) is 0.0938. The van der Waals surface area contributed by atoms with Gasteiger partial charge in [-0.05, 0) is 52.2 Å². The first-order valence-corrected chi connectivity index (χ1v) is 12.0. The molecule has 1 amide bonds. The van der Waals surface area contributed by atoms with Crippen molar-refractivity contribution in [2.45, 2.75) is 12.1 Å². The van der Waals surface area contributed by atoms with E-state index in [4.69, 9.17) is 9.47 Å². The number of carbonyl (C=O) groups is 1. The molecule has 0 bridgehead atoms. The number of hydrogen-bond acceptors (Lipinski definition) is 3. The van der Waals surface area contributed by atoms with Crippen molar-refractivity contribution in [2.24, 2.45) is 0 Å². The van der Waals surface area contributed by atoms with Gasteiger partial charge in [0.2, 0.25) is 6.10 Å². The predicted molar refractivity (Wildman–Crippen MR) is 143 cm³/mol. The molecular weight excluding hydrogens is 446 g/mol. The lowest BCUT2D eigenvalue weighted by atomic mass is 9.83. The van der Waals surface area contributed by atoms with Crippen LogP contribution in [0, 0.1) is 0 Å². The van der Waals surface area contributed by atoms with Crippen LogP contribution in [0.1, 0.15) is 11.6 Å². The highest BCUT2D eigenvalue weighted by molar-refractivity contribution is 6.07. The summed E-state index contributed by atoms with van der Waals surface area (Å²) in [6.45, 7) is 0. The molecule has 0 unspecified atom stereocenters. The van der Waals surface area contributed by atoms with E-state index in [-0.39, 0.29) is 11.9 Å². The molecule has 0 saturated carbocycles. The molecule has 1 fully saturated rings. The van der Waals surface area contributed by atoms with Crippen molar-refractivity contribution in [3.05, 3.63) is 127 Å². The second-order valence-electron chi connectivity index (χ2n) is 8.79.